The van der Waals surface area contributed by atoms with E-state index in [-0.39, 0.29) is 0 Å². The van der Waals surface area contributed by atoms with Crippen molar-refractivity contribution in [3.05, 3.63) is 187 Å². The van der Waals surface area contributed by atoms with Crippen molar-refractivity contribution in [1.29, 1.82) is 0 Å². The molecule has 0 saturated carbocycles. The molecule has 10 rings (SSSR count). The molecule has 0 aliphatic carbocycles. The van der Waals surface area contributed by atoms with Crippen LogP contribution in [0.5, 0.6) is 0 Å². The average Bonchev–Trinajstić information content (AvgIpc) is 3.56. The van der Waals surface area contributed by atoms with Gasteiger partial charge < -0.3 is 4.57 Å². The number of nitrogens with zero attached hydrogens (tertiary/aromatic N) is 5. The van der Waals surface area contributed by atoms with E-state index < -0.39 is 0 Å². The molecule has 5 heteroatoms. The largest absolute Gasteiger partial charge is 0.309 e. The number of fused-ring (bicyclic) bond motifs is 5. The third-order valence-electron chi connectivity index (χ3n) is 10.1. The second kappa shape index (κ2) is 12.4. The molecule has 0 fully saturated rings. The molecular weight excluding hydrogens is 647 g/mol. The highest BCUT2D eigenvalue weighted by Crippen LogP contribution is 2.41. The van der Waals surface area contributed by atoms with Gasteiger partial charge in [0.2, 0.25) is 0 Å². The van der Waals surface area contributed by atoms with E-state index in [0.29, 0.717) is 23.2 Å². The summed E-state index contributed by atoms with van der Waals surface area (Å²) < 4.78 is 2.33. The van der Waals surface area contributed by atoms with E-state index in [1.807, 2.05) is 72.8 Å². The van der Waals surface area contributed by atoms with Crippen molar-refractivity contribution in [2.45, 2.75) is 0 Å². The molecule has 0 radical (unpaired) electrons. The molecule has 246 valence electrons. The highest BCUT2D eigenvalue weighted by molar-refractivity contribution is 6.14. The molecule has 53 heavy (non-hydrogen) atoms. The predicted octanol–water partition coefficient (Wildman–Crippen LogP) is 12.5. The Morgan fingerprint density at radius 2 is 0.943 bits per heavy atom. The summed E-state index contributed by atoms with van der Waals surface area (Å²) >= 11 is 0. The number of hydrogen-bond acceptors (Lipinski definition) is 3. The third-order valence-corrected chi connectivity index (χ3v) is 10.1. The zero-order valence-corrected chi connectivity index (χ0v) is 28.5. The Balaban J connectivity index is 1.18. The first-order chi connectivity index (χ1) is 26.2. The molecule has 0 bridgehead atoms. The van der Waals surface area contributed by atoms with Crippen molar-refractivity contribution in [2.75, 3.05) is 0 Å². The maximum Gasteiger partial charge on any atom is 0.188 e. The van der Waals surface area contributed by atoms with Crippen molar-refractivity contribution >= 4 is 49.0 Å². The van der Waals surface area contributed by atoms with Gasteiger partial charge >= 0.3 is 0 Å². The molecule has 0 aliphatic rings. The molecule has 10 aromatic rings. The number of rotatable bonds is 5. The average molecular weight is 676 g/mol. The minimum Gasteiger partial charge on any atom is -0.309 e. The SMILES string of the molecule is [C-]#[N+]c1ccc2c(c1)c1cc(-c3ccc(-c4nc(-c5ccccc5)nc(-c5ccccc5)n4)c4ccccc34)ccc1n2-c1cccc2ccccc12. The van der Waals surface area contributed by atoms with Crippen LogP contribution in [0, 0.1) is 6.57 Å². The van der Waals surface area contributed by atoms with Crippen LogP contribution in [0.15, 0.2) is 176 Å². The lowest BCUT2D eigenvalue weighted by Gasteiger charge is -2.14. The minimum absolute atomic E-state index is 0.622. The van der Waals surface area contributed by atoms with E-state index in [9.17, 15) is 0 Å². The Hall–Kier alpha value is -7.42. The van der Waals surface area contributed by atoms with Gasteiger partial charge in [0.25, 0.3) is 0 Å². The van der Waals surface area contributed by atoms with Gasteiger partial charge in [0.1, 0.15) is 0 Å². The van der Waals surface area contributed by atoms with E-state index in [4.69, 9.17) is 21.5 Å². The first kappa shape index (κ1) is 30.4. The lowest BCUT2D eigenvalue weighted by atomic mass is 9.94. The normalized spacial score (nSPS) is 11.4. The van der Waals surface area contributed by atoms with Crippen molar-refractivity contribution in [2.24, 2.45) is 0 Å². The van der Waals surface area contributed by atoms with Gasteiger partial charge in [-0.15, -0.1) is 0 Å². The fourth-order valence-electron chi connectivity index (χ4n) is 7.59. The summed E-state index contributed by atoms with van der Waals surface area (Å²) in [6.07, 6.45) is 0. The number of aromatic nitrogens is 4. The second-order valence-electron chi connectivity index (χ2n) is 13.1. The molecule has 0 unspecified atom stereocenters. The van der Waals surface area contributed by atoms with Crippen LogP contribution in [0.25, 0.3) is 99.2 Å². The summed E-state index contributed by atoms with van der Waals surface area (Å²) in [4.78, 5) is 18.8. The number of benzene rings is 8. The molecule has 0 saturated heterocycles. The highest BCUT2D eigenvalue weighted by Gasteiger charge is 2.19. The van der Waals surface area contributed by atoms with E-state index in [2.05, 4.69) is 113 Å². The van der Waals surface area contributed by atoms with E-state index in [0.717, 1.165) is 66.1 Å². The van der Waals surface area contributed by atoms with Gasteiger partial charge in [-0.2, -0.15) is 0 Å². The Labute approximate surface area is 305 Å². The van der Waals surface area contributed by atoms with Crippen molar-refractivity contribution in [3.63, 3.8) is 0 Å². The zero-order chi connectivity index (χ0) is 35.3. The van der Waals surface area contributed by atoms with Crippen LogP contribution in [-0.2, 0) is 0 Å². The smallest absolute Gasteiger partial charge is 0.188 e. The van der Waals surface area contributed by atoms with E-state index in [1.165, 1.54) is 10.8 Å². The summed E-state index contributed by atoms with van der Waals surface area (Å²) in [5, 5.41) is 6.68. The van der Waals surface area contributed by atoms with Crippen molar-refractivity contribution in [1.82, 2.24) is 19.5 Å². The second-order valence-corrected chi connectivity index (χ2v) is 13.1. The maximum atomic E-state index is 7.79. The molecule has 0 spiro atoms. The van der Waals surface area contributed by atoms with Gasteiger partial charge in [0.15, 0.2) is 23.2 Å². The molecule has 5 nitrogen and oxygen atoms in total. The topological polar surface area (TPSA) is 48.0 Å². The Bertz CT molecular complexity index is 3000. The Morgan fingerprint density at radius 3 is 1.64 bits per heavy atom. The Kier molecular flexibility index (Phi) is 7.12. The predicted molar refractivity (Wildman–Crippen MR) is 217 cm³/mol. The van der Waals surface area contributed by atoms with E-state index >= 15 is 0 Å². The molecule has 0 amide bonds. The summed E-state index contributed by atoms with van der Waals surface area (Å²) in [7, 11) is 0. The Morgan fingerprint density at radius 1 is 0.396 bits per heavy atom. The standard InChI is InChI=1S/C48H29N5/c1-49-35-24-28-45-42(30-35)41-29-34(23-27-44(41)53(45)43-22-12-18-31-13-8-9-19-37(31)43)36-25-26-40(39-21-11-10-20-38(36)39)48-51-46(32-14-4-2-5-15-32)50-47(52-48)33-16-6-3-7-17-33/h2-30H. The molecule has 2 heterocycles. The summed E-state index contributed by atoms with van der Waals surface area (Å²) in [5.41, 5.74) is 8.92. The van der Waals surface area contributed by atoms with Gasteiger partial charge in [0, 0.05) is 27.5 Å². The fraction of sp³-hybridized carbons (Fsp3) is 0. The summed E-state index contributed by atoms with van der Waals surface area (Å²) in [6, 6.07) is 60.6. The molecule has 0 atom stereocenters. The van der Waals surface area contributed by atoms with Crippen LogP contribution in [-0.4, -0.2) is 19.5 Å². The minimum atomic E-state index is 0.622. The molecule has 0 N–H and O–H groups in total. The molecule has 8 aromatic carbocycles. The third kappa shape index (κ3) is 5.13. The van der Waals surface area contributed by atoms with Crippen LogP contribution in [0.1, 0.15) is 0 Å². The van der Waals surface area contributed by atoms with Crippen molar-refractivity contribution in [3.8, 4) is 51.0 Å². The molecular formula is C48H29N5. The van der Waals surface area contributed by atoms with Crippen LogP contribution in [0.2, 0.25) is 0 Å². The van der Waals surface area contributed by atoms with Crippen LogP contribution in [0.3, 0.4) is 0 Å². The zero-order valence-electron chi connectivity index (χ0n) is 28.5. The van der Waals surface area contributed by atoms with E-state index in [1.54, 1.807) is 0 Å². The van der Waals surface area contributed by atoms with Crippen LogP contribution < -0.4 is 0 Å². The number of hydrogen-bond donors (Lipinski definition) is 0. The highest BCUT2D eigenvalue weighted by atomic mass is 15.0. The molecule has 0 aliphatic heterocycles. The lowest BCUT2D eigenvalue weighted by Crippen LogP contribution is -2.00. The van der Waals surface area contributed by atoms with Crippen LogP contribution in [0.4, 0.5) is 5.69 Å². The van der Waals surface area contributed by atoms with Gasteiger partial charge in [-0.25, -0.2) is 19.8 Å². The van der Waals surface area contributed by atoms with Gasteiger partial charge in [0.05, 0.1) is 23.3 Å². The van der Waals surface area contributed by atoms with Crippen molar-refractivity contribution < 1.29 is 0 Å². The first-order valence-corrected chi connectivity index (χ1v) is 17.6. The summed E-state index contributed by atoms with van der Waals surface area (Å²) in [5.74, 6) is 1.89. The maximum absolute atomic E-state index is 7.79. The van der Waals surface area contributed by atoms with Crippen LogP contribution >= 0.6 is 0 Å². The van der Waals surface area contributed by atoms with Gasteiger partial charge in [-0.3, -0.25) is 0 Å². The lowest BCUT2D eigenvalue weighted by molar-refractivity contribution is 1.08. The monoisotopic (exact) mass is 675 g/mol. The molecule has 2 aromatic heterocycles. The first-order valence-electron chi connectivity index (χ1n) is 17.6. The fourth-order valence-corrected chi connectivity index (χ4v) is 7.59. The van der Waals surface area contributed by atoms with Gasteiger partial charge in [-0.1, -0.05) is 140 Å². The quantitative estimate of drug-likeness (QED) is 0.171. The summed E-state index contributed by atoms with van der Waals surface area (Å²) in [6.45, 7) is 7.79. The van der Waals surface area contributed by atoms with Gasteiger partial charge in [-0.05, 0) is 69.1 Å².